The summed E-state index contributed by atoms with van der Waals surface area (Å²) in [6, 6.07) is 21.6. The summed E-state index contributed by atoms with van der Waals surface area (Å²) in [6.07, 6.45) is 1.08. The lowest BCUT2D eigenvalue weighted by molar-refractivity contribution is -0.131. The molecule has 0 unspecified atom stereocenters. The molecule has 6 rings (SSSR count). The van der Waals surface area contributed by atoms with Gasteiger partial charge in [-0.1, -0.05) is 42.5 Å². The highest BCUT2D eigenvalue weighted by Crippen LogP contribution is 2.57. The summed E-state index contributed by atoms with van der Waals surface area (Å²) < 4.78 is 6.04. The van der Waals surface area contributed by atoms with Gasteiger partial charge in [0, 0.05) is 31.4 Å². The van der Waals surface area contributed by atoms with Gasteiger partial charge >= 0.3 is 0 Å². The van der Waals surface area contributed by atoms with Crippen LogP contribution in [0.5, 0.6) is 5.75 Å². The first-order valence-electron chi connectivity index (χ1n) is 13.3. The molecule has 8 heteroatoms. The third-order valence-corrected chi connectivity index (χ3v) is 8.27. The van der Waals surface area contributed by atoms with Crippen LogP contribution >= 0.6 is 0 Å². The van der Waals surface area contributed by atoms with Gasteiger partial charge in [-0.2, -0.15) is 0 Å². The maximum atomic E-state index is 14.5. The highest BCUT2D eigenvalue weighted by molar-refractivity contribution is 6.12. The maximum absolute atomic E-state index is 14.5. The van der Waals surface area contributed by atoms with Crippen LogP contribution in [0, 0.1) is 0 Å². The van der Waals surface area contributed by atoms with E-state index in [1.54, 1.807) is 46.0 Å². The molecular weight excluding hydrogens is 494 g/mol. The topological polar surface area (TPSA) is 90.4 Å². The number of amides is 3. The van der Waals surface area contributed by atoms with E-state index in [-0.39, 0.29) is 30.9 Å². The summed E-state index contributed by atoms with van der Waals surface area (Å²) in [5.41, 5.74) is 2.54. The zero-order chi connectivity index (χ0) is 27.1. The van der Waals surface area contributed by atoms with Gasteiger partial charge in [0.15, 0.2) is 0 Å². The van der Waals surface area contributed by atoms with Crippen molar-refractivity contribution in [2.24, 2.45) is 0 Å². The quantitative estimate of drug-likeness (QED) is 0.555. The third kappa shape index (κ3) is 4.06. The van der Waals surface area contributed by atoms with E-state index < -0.39 is 11.5 Å². The van der Waals surface area contributed by atoms with Crippen molar-refractivity contribution in [2.75, 3.05) is 38.2 Å². The highest BCUT2D eigenvalue weighted by Gasteiger charge is 2.61. The molecule has 0 saturated carbocycles. The number of para-hydroxylation sites is 1. The average molecular weight is 526 g/mol. The average Bonchev–Trinajstić information content (AvgIpc) is 3.47. The summed E-state index contributed by atoms with van der Waals surface area (Å²) >= 11 is 0. The van der Waals surface area contributed by atoms with Gasteiger partial charge in [0.05, 0.1) is 19.3 Å². The van der Waals surface area contributed by atoms with Crippen LogP contribution in [-0.2, 0) is 21.6 Å². The molecule has 0 aliphatic carbocycles. The lowest BCUT2D eigenvalue weighted by Crippen LogP contribution is -2.48. The van der Waals surface area contributed by atoms with Gasteiger partial charge in [0.1, 0.15) is 17.7 Å². The Morgan fingerprint density at radius 1 is 1.03 bits per heavy atom. The summed E-state index contributed by atoms with van der Waals surface area (Å²) in [7, 11) is 1.75. The van der Waals surface area contributed by atoms with Crippen LogP contribution in [0.25, 0.3) is 0 Å². The van der Waals surface area contributed by atoms with Gasteiger partial charge in [-0.15, -0.1) is 0 Å². The molecule has 1 spiro atoms. The number of ether oxygens (including phenoxy) is 1. The molecule has 8 nitrogen and oxygen atoms in total. The lowest BCUT2D eigenvalue weighted by Gasteiger charge is -2.35. The van der Waals surface area contributed by atoms with Crippen molar-refractivity contribution >= 4 is 23.4 Å². The van der Waals surface area contributed by atoms with Crippen LogP contribution in [0.4, 0.5) is 5.69 Å². The standard InChI is InChI=1S/C31H31N3O5/c1-32-15-5-17-39-24-7-4-6-23(18-24)28-31(14-16-33(28)29(37)22-12-10-21(20-35)11-13-22)25-8-2-3-9-26(25)34(30(31)38)19-27(32)36/h2-4,6-13,18,28,35H,5,14-17,19-20H2,1H3/t28-,31+/m0/s1. The monoisotopic (exact) mass is 525 g/mol. The number of rotatable bonds is 2. The van der Waals surface area contributed by atoms with Crippen molar-refractivity contribution in [3.05, 3.63) is 95.1 Å². The van der Waals surface area contributed by atoms with Crippen molar-refractivity contribution in [3.8, 4) is 5.75 Å². The molecule has 1 N–H and O–H groups in total. The van der Waals surface area contributed by atoms with Gasteiger partial charge in [-0.25, -0.2) is 0 Å². The van der Waals surface area contributed by atoms with Crippen molar-refractivity contribution in [1.82, 2.24) is 9.80 Å². The Labute approximate surface area is 227 Å². The Hall–Kier alpha value is -4.17. The predicted octanol–water partition coefficient (Wildman–Crippen LogP) is 3.29. The first kappa shape index (κ1) is 25.1. The van der Waals surface area contributed by atoms with E-state index in [1.807, 2.05) is 48.5 Å². The molecule has 2 atom stereocenters. The third-order valence-electron chi connectivity index (χ3n) is 8.27. The van der Waals surface area contributed by atoms with Gasteiger partial charge in [-0.05, 0) is 59.9 Å². The maximum Gasteiger partial charge on any atom is 0.254 e. The molecule has 0 radical (unpaired) electrons. The van der Waals surface area contributed by atoms with Crippen LogP contribution < -0.4 is 9.64 Å². The normalized spacial score (nSPS) is 22.7. The minimum atomic E-state index is -1.04. The molecule has 0 aromatic heterocycles. The smallest absolute Gasteiger partial charge is 0.254 e. The molecule has 3 aliphatic rings. The first-order chi connectivity index (χ1) is 18.9. The lowest BCUT2D eigenvalue weighted by atomic mass is 9.72. The number of hydrogen-bond acceptors (Lipinski definition) is 5. The van der Waals surface area contributed by atoms with Crippen molar-refractivity contribution in [3.63, 3.8) is 0 Å². The zero-order valence-corrected chi connectivity index (χ0v) is 21.9. The van der Waals surface area contributed by atoms with Gasteiger partial charge in [0.25, 0.3) is 5.91 Å². The molecule has 3 aliphatic heterocycles. The molecule has 3 heterocycles. The second kappa shape index (κ2) is 9.85. The molecule has 1 fully saturated rings. The zero-order valence-electron chi connectivity index (χ0n) is 21.9. The summed E-state index contributed by atoms with van der Waals surface area (Å²) in [5.74, 6) is 0.172. The number of likely N-dealkylation sites (tertiary alicyclic amines) is 1. The summed E-state index contributed by atoms with van der Waals surface area (Å²) in [5, 5.41) is 9.45. The van der Waals surface area contributed by atoms with E-state index in [2.05, 4.69) is 0 Å². The fourth-order valence-electron chi connectivity index (χ4n) is 6.29. The fraction of sp³-hybridized carbons (Fsp3) is 0.323. The largest absolute Gasteiger partial charge is 0.494 e. The molecule has 1 saturated heterocycles. The number of likely N-dealkylation sites (N-methyl/N-ethyl adjacent to an activating group) is 1. The summed E-state index contributed by atoms with van der Waals surface area (Å²) in [4.78, 5) is 46.8. The number of anilines is 1. The van der Waals surface area contributed by atoms with Gasteiger partial charge < -0.3 is 24.5 Å². The summed E-state index contributed by atoms with van der Waals surface area (Å²) in [6.45, 7) is 1.18. The van der Waals surface area contributed by atoms with Crippen LogP contribution in [0.15, 0.2) is 72.8 Å². The number of fused-ring (bicyclic) bond motifs is 6. The molecule has 4 bridgehead atoms. The van der Waals surface area contributed by atoms with Gasteiger partial charge in [-0.3, -0.25) is 14.4 Å². The van der Waals surface area contributed by atoms with Crippen LogP contribution in [-0.4, -0.2) is 65.9 Å². The van der Waals surface area contributed by atoms with Crippen LogP contribution in [0.2, 0.25) is 0 Å². The van der Waals surface area contributed by atoms with Crippen molar-refractivity contribution in [1.29, 1.82) is 0 Å². The Kier molecular flexibility index (Phi) is 6.35. The predicted molar refractivity (Wildman–Crippen MR) is 145 cm³/mol. The van der Waals surface area contributed by atoms with E-state index in [0.717, 1.165) is 22.4 Å². The first-order valence-corrected chi connectivity index (χ1v) is 13.3. The number of aliphatic hydroxyl groups is 1. The van der Waals surface area contributed by atoms with E-state index in [1.165, 1.54) is 0 Å². The number of benzene rings is 3. The Morgan fingerprint density at radius 2 is 1.82 bits per heavy atom. The van der Waals surface area contributed by atoms with Crippen molar-refractivity contribution in [2.45, 2.75) is 30.9 Å². The number of carbonyl (C=O) groups excluding carboxylic acids is 3. The molecule has 3 aromatic rings. The van der Waals surface area contributed by atoms with Crippen molar-refractivity contribution < 1.29 is 24.2 Å². The minimum absolute atomic E-state index is 0.0573. The minimum Gasteiger partial charge on any atom is -0.494 e. The second-order valence-corrected chi connectivity index (χ2v) is 10.5. The van der Waals surface area contributed by atoms with Crippen LogP contribution in [0.3, 0.4) is 0 Å². The molecule has 39 heavy (non-hydrogen) atoms. The fourth-order valence-corrected chi connectivity index (χ4v) is 6.29. The van der Waals surface area contributed by atoms with E-state index in [4.69, 9.17) is 4.74 Å². The van der Waals surface area contributed by atoms with Gasteiger partial charge in [0.2, 0.25) is 11.8 Å². The molecular formula is C31H31N3O5. The number of carbonyl (C=O) groups is 3. The van der Waals surface area contributed by atoms with E-state index >= 15 is 0 Å². The Balaban J connectivity index is 1.52. The number of nitrogens with zero attached hydrogens (tertiary/aromatic N) is 3. The SMILES string of the molecule is CN1CCCOc2cccc(c2)[C@@H]2N(C(=O)c3ccc(CO)cc3)CC[C@]23C(=O)N(CC1=O)c1ccccc13. The highest BCUT2D eigenvalue weighted by atomic mass is 16.5. The second-order valence-electron chi connectivity index (χ2n) is 10.5. The van der Waals surface area contributed by atoms with E-state index in [0.29, 0.717) is 43.9 Å². The number of aliphatic hydroxyl groups excluding tert-OH is 1. The molecule has 3 amide bonds. The molecule has 200 valence electrons. The Bertz CT molecular complexity index is 1440. The number of hydrogen-bond donors (Lipinski definition) is 1. The van der Waals surface area contributed by atoms with E-state index in [9.17, 15) is 19.5 Å². The Morgan fingerprint density at radius 3 is 2.62 bits per heavy atom. The van der Waals surface area contributed by atoms with Crippen LogP contribution in [0.1, 0.15) is 45.9 Å². The molecule has 3 aromatic carbocycles.